The second kappa shape index (κ2) is 9.57. The van der Waals surface area contributed by atoms with E-state index >= 15 is 0 Å². The molecule has 0 unspecified atom stereocenters. The van der Waals surface area contributed by atoms with Crippen molar-refractivity contribution in [3.8, 4) is 5.75 Å². The third-order valence-electron chi connectivity index (χ3n) is 4.88. The maximum Gasteiger partial charge on any atom is 0.236 e. The summed E-state index contributed by atoms with van der Waals surface area (Å²) in [5.74, 6) is 0.251. The summed E-state index contributed by atoms with van der Waals surface area (Å²) in [6, 6.07) is 37.2. The normalized spacial score (nSPS) is 10.6. The molecular weight excluding hydrogens is 370 g/mol. The molecule has 4 aromatic rings. The first-order valence-electron chi connectivity index (χ1n) is 9.97. The molecule has 0 aliphatic carbocycles. The fourth-order valence-corrected chi connectivity index (χ4v) is 3.41. The molecule has 0 spiro atoms. The van der Waals surface area contributed by atoms with E-state index in [1.807, 2.05) is 115 Å². The molecule has 1 amide bonds. The smallest absolute Gasteiger partial charge is 0.236 e. The lowest BCUT2D eigenvalue weighted by molar-refractivity contribution is -0.116. The quantitative estimate of drug-likeness (QED) is 0.416. The van der Waals surface area contributed by atoms with Gasteiger partial charge in [-0.15, -0.1) is 0 Å². The van der Waals surface area contributed by atoms with Gasteiger partial charge in [-0.2, -0.15) is 0 Å². The van der Waals surface area contributed by atoms with E-state index in [1.165, 1.54) is 0 Å². The Morgan fingerprint density at radius 1 is 0.700 bits per heavy atom. The summed E-state index contributed by atoms with van der Waals surface area (Å²) in [6.45, 7) is 0.481. The fraction of sp³-hybridized carbons (Fsp3) is 0.0741. The predicted octanol–water partition coefficient (Wildman–Crippen LogP) is 6.04. The zero-order valence-electron chi connectivity index (χ0n) is 16.6. The monoisotopic (exact) mass is 393 g/mol. The van der Waals surface area contributed by atoms with Crippen molar-refractivity contribution in [2.45, 2.75) is 12.5 Å². The molecule has 4 aromatic carbocycles. The molecule has 0 bridgehead atoms. The maximum atomic E-state index is 13.3. The summed E-state index contributed by atoms with van der Waals surface area (Å²) in [5.41, 5.74) is 3.72. The molecule has 0 aliphatic heterocycles. The molecule has 0 heterocycles. The average molecular weight is 393 g/mol. The van der Waals surface area contributed by atoms with Gasteiger partial charge in [-0.1, -0.05) is 97.1 Å². The van der Waals surface area contributed by atoms with Gasteiger partial charge in [0, 0.05) is 11.8 Å². The average Bonchev–Trinajstić information content (AvgIpc) is 2.80. The van der Waals surface area contributed by atoms with Gasteiger partial charge in [-0.05, 0) is 28.8 Å². The second-order valence-corrected chi connectivity index (χ2v) is 7.05. The Hall–Kier alpha value is -3.85. The van der Waals surface area contributed by atoms with E-state index in [0.29, 0.717) is 18.0 Å². The Kier molecular flexibility index (Phi) is 6.21. The van der Waals surface area contributed by atoms with Gasteiger partial charge in [-0.25, -0.2) is 0 Å². The van der Waals surface area contributed by atoms with Crippen LogP contribution >= 0.6 is 0 Å². The standard InChI is InChI=1S/C27H23NO2/c29-27(26(22-13-6-2-7-14-22)23-15-8-3-9-16-23)28-24-17-10-18-25(19-24)30-20-21-11-4-1-5-12-21/h1-19,26H,20H2,(H,28,29). The summed E-state index contributed by atoms with van der Waals surface area (Å²) in [6.07, 6.45) is 0. The zero-order chi connectivity index (χ0) is 20.6. The second-order valence-electron chi connectivity index (χ2n) is 7.05. The van der Waals surface area contributed by atoms with Crippen LogP contribution in [0.2, 0.25) is 0 Å². The number of rotatable bonds is 7. The molecule has 4 rings (SSSR count). The van der Waals surface area contributed by atoms with Gasteiger partial charge in [0.2, 0.25) is 5.91 Å². The van der Waals surface area contributed by atoms with Crippen molar-refractivity contribution in [1.82, 2.24) is 0 Å². The molecule has 3 nitrogen and oxygen atoms in total. The molecule has 30 heavy (non-hydrogen) atoms. The van der Waals surface area contributed by atoms with E-state index < -0.39 is 0 Å². The zero-order valence-corrected chi connectivity index (χ0v) is 16.6. The van der Waals surface area contributed by atoms with Crippen LogP contribution in [0.25, 0.3) is 0 Å². The van der Waals surface area contributed by atoms with Gasteiger partial charge in [-0.3, -0.25) is 4.79 Å². The largest absolute Gasteiger partial charge is 0.489 e. The molecule has 0 radical (unpaired) electrons. The first-order valence-corrected chi connectivity index (χ1v) is 9.97. The van der Waals surface area contributed by atoms with Gasteiger partial charge in [0.25, 0.3) is 0 Å². The van der Waals surface area contributed by atoms with E-state index in [1.54, 1.807) is 0 Å². The minimum absolute atomic E-state index is 0.0763. The van der Waals surface area contributed by atoms with Crippen LogP contribution in [0.1, 0.15) is 22.6 Å². The van der Waals surface area contributed by atoms with Crippen LogP contribution in [0.4, 0.5) is 5.69 Å². The van der Waals surface area contributed by atoms with E-state index in [2.05, 4.69) is 5.32 Å². The van der Waals surface area contributed by atoms with Crippen LogP contribution in [0.5, 0.6) is 5.75 Å². The number of hydrogen-bond acceptors (Lipinski definition) is 2. The molecule has 0 fully saturated rings. The van der Waals surface area contributed by atoms with Crippen LogP contribution in [-0.2, 0) is 11.4 Å². The summed E-state index contributed by atoms with van der Waals surface area (Å²) >= 11 is 0. The highest BCUT2D eigenvalue weighted by Gasteiger charge is 2.22. The van der Waals surface area contributed by atoms with Gasteiger partial charge in [0.1, 0.15) is 12.4 Å². The first-order chi connectivity index (χ1) is 14.8. The molecule has 1 N–H and O–H groups in total. The number of amides is 1. The minimum Gasteiger partial charge on any atom is -0.489 e. The van der Waals surface area contributed by atoms with Crippen molar-refractivity contribution in [3.05, 3.63) is 132 Å². The van der Waals surface area contributed by atoms with Crippen LogP contribution in [0.15, 0.2) is 115 Å². The van der Waals surface area contributed by atoms with Crippen molar-refractivity contribution in [2.24, 2.45) is 0 Å². The SMILES string of the molecule is O=C(Nc1cccc(OCc2ccccc2)c1)C(c1ccccc1)c1ccccc1. The third-order valence-corrected chi connectivity index (χ3v) is 4.88. The molecule has 0 atom stereocenters. The number of carbonyl (C=O) groups is 1. The molecule has 0 saturated heterocycles. The van der Waals surface area contributed by atoms with Crippen molar-refractivity contribution in [1.29, 1.82) is 0 Å². The van der Waals surface area contributed by atoms with E-state index in [9.17, 15) is 4.79 Å². The molecule has 0 aliphatic rings. The number of ether oxygens (including phenoxy) is 1. The van der Waals surface area contributed by atoms with Crippen LogP contribution in [0.3, 0.4) is 0 Å². The molecule has 0 saturated carbocycles. The van der Waals surface area contributed by atoms with Gasteiger partial charge in [0.15, 0.2) is 0 Å². The first kappa shape index (κ1) is 19.5. The van der Waals surface area contributed by atoms with Gasteiger partial charge >= 0.3 is 0 Å². The van der Waals surface area contributed by atoms with E-state index in [4.69, 9.17) is 4.74 Å². The fourth-order valence-electron chi connectivity index (χ4n) is 3.41. The minimum atomic E-state index is -0.388. The lowest BCUT2D eigenvalue weighted by Crippen LogP contribution is -2.22. The lowest BCUT2D eigenvalue weighted by atomic mass is 9.90. The molecule has 0 aromatic heterocycles. The number of carbonyl (C=O) groups excluding carboxylic acids is 1. The number of anilines is 1. The summed E-state index contributed by atoms with van der Waals surface area (Å²) in [5, 5.41) is 3.06. The van der Waals surface area contributed by atoms with Crippen molar-refractivity contribution >= 4 is 11.6 Å². The molecule has 148 valence electrons. The highest BCUT2D eigenvalue weighted by molar-refractivity contribution is 5.98. The Morgan fingerprint density at radius 2 is 1.27 bits per heavy atom. The molecular formula is C27H23NO2. The summed E-state index contributed by atoms with van der Waals surface area (Å²) in [7, 11) is 0. The van der Waals surface area contributed by atoms with Crippen LogP contribution in [0, 0.1) is 0 Å². The van der Waals surface area contributed by atoms with Crippen molar-refractivity contribution in [3.63, 3.8) is 0 Å². The van der Waals surface area contributed by atoms with Crippen molar-refractivity contribution in [2.75, 3.05) is 5.32 Å². The highest BCUT2D eigenvalue weighted by Crippen LogP contribution is 2.27. The van der Waals surface area contributed by atoms with Crippen LogP contribution < -0.4 is 10.1 Å². The number of hydrogen-bond donors (Lipinski definition) is 1. The summed E-state index contributed by atoms with van der Waals surface area (Å²) < 4.78 is 5.89. The van der Waals surface area contributed by atoms with Crippen LogP contribution in [-0.4, -0.2) is 5.91 Å². The maximum absolute atomic E-state index is 13.3. The number of benzene rings is 4. The van der Waals surface area contributed by atoms with Gasteiger partial charge in [0.05, 0.1) is 5.92 Å². The van der Waals surface area contributed by atoms with E-state index in [0.717, 1.165) is 16.7 Å². The third kappa shape index (κ3) is 4.95. The Morgan fingerprint density at radius 3 is 1.87 bits per heavy atom. The summed E-state index contributed by atoms with van der Waals surface area (Å²) in [4.78, 5) is 13.3. The Bertz CT molecular complexity index is 1040. The molecule has 3 heteroatoms. The topological polar surface area (TPSA) is 38.3 Å². The van der Waals surface area contributed by atoms with E-state index in [-0.39, 0.29) is 11.8 Å². The Labute approximate surface area is 177 Å². The van der Waals surface area contributed by atoms with Gasteiger partial charge < -0.3 is 10.1 Å². The number of nitrogens with one attached hydrogen (secondary N) is 1. The lowest BCUT2D eigenvalue weighted by Gasteiger charge is -2.18. The predicted molar refractivity (Wildman–Crippen MR) is 121 cm³/mol. The highest BCUT2D eigenvalue weighted by atomic mass is 16.5. The Balaban J connectivity index is 1.51. The van der Waals surface area contributed by atoms with Crippen molar-refractivity contribution < 1.29 is 9.53 Å².